The van der Waals surface area contributed by atoms with Crippen LogP contribution in [0, 0.1) is 0 Å². The summed E-state index contributed by atoms with van der Waals surface area (Å²) in [5.74, 6) is 0. The minimum atomic E-state index is 0.521. The molecular weight excluding hydrogens is 266 g/mol. The number of hydrogen-bond donors (Lipinski definition) is 1. The van der Waals surface area contributed by atoms with Gasteiger partial charge in [0.1, 0.15) is 0 Å². The molecule has 0 saturated heterocycles. The minimum Gasteiger partial charge on any atom is -0.310 e. The molecule has 20 heavy (non-hydrogen) atoms. The lowest BCUT2D eigenvalue weighted by molar-refractivity contribution is 0.206. The molecule has 1 atom stereocenters. The van der Waals surface area contributed by atoms with E-state index in [9.17, 15) is 0 Å². The Morgan fingerprint density at radius 2 is 2.10 bits per heavy atom. The molecule has 0 aromatic carbocycles. The van der Waals surface area contributed by atoms with Gasteiger partial charge in [-0.15, -0.1) is 11.3 Å². The Balaban J connectivity index is 1.78. The molecule has 0 aliphatic carbocycles. The number of rotatable bonds is 8. The van der Waals surface area contributed by atoms with Gasteiger partial charge >= 0.3 is 0 Å². The van der Waals surface area contributed by atoms with Crippen molar-refractivity contribution in [1.29, 1.82) is 0 Å². The largest absolute Gasteiger partial charge is 0.310 e. The molecule has 0 amide bonds. The summed E-state index contributed by atoms with van der Waals surface area (Å²) in [7, 11) is 0. The van der Waals surface area contributed by atoms with E-state index in [0.717, 1.165) is 26.2 Å². The van der Waals surface area contributed by atoms with E-state index in [1.54, 1.807) is 0 Å². The van der Waals surface area contributed by atoms with Gasteiger partial charge in [-0.25, -0.2) is 0 Å². The highest BCUT2D eigenvalue weighted by Gasteiger charge is 2.12. The van der Waals surface area contributed by atoms with Crippen LogP contribution in [0.3, 0.4) is 0 Å². The molecule has 0 spiro atoms. The summed E-state index contributed by atoms with van der Waals surface area (Å²) in [5.41, 5.74) is 1.33. The molecule has 2 heterocycles. The average Bonchev–Trinajstić information content (AvgIpc) is 2.99. The zero-order valence-electron chi connectivity index (χ0n) is 12.2. The van der Waals surface area contributed by atoms with E-state index in [0.29, 0.717) is 6.04 Å². The Hall–Kier alpha value is -1.23. The molecule has 3 nitrogen and oxygen atoms in total. The predicted octanol–water partition coefficient (Wildman–Crippen LogP) is 3.14. The SMILES string of the molecule is CCN(Cc1ccncc1)C(C)CNCc1cccs1. The molecule has 0 saturated carbocycles. The fraction of sp³-hybridized carbons (Fsp3) is 0.438. The summed E-state index contributed by atoms with van der Waals surface area (Å²) in [6.45, 7) is 8.53. The van der Waals surface area contributed by atoms with Crippen LogP contribution in [0.5, 0.6) is 0 Å². The van der Waals surface area contributed by atoms with E-state index < -0.39 is 0 Å². The van der Waals surface area contributed by atoms with Crippen LogP contribution in [-0.2, 0) is 13.1 Å². The summed E-state index contributed by atoms with van der Waals surface area (Å²) in [6, 6.07) is 8.99. The third-order valence-electron chi connectivity index (χ3n) is 3.48. The van der Waals surface area contributed by atoms with Crippen molar-refractivity contribution >= 4 is 11.3 Å². The summed E-state index contributed by atoms with van der Waals surface area (Å²) >= 11 is 1.81. The third kappa shape index (κ3) is 4.71. The Morgan fingerprint density at radius 1 is 1.30 bits per heavy atom. The molecular formula is C16H23N3S. The van der Waals surface area contributed by atoms with Crippen molar-refractivity contribution in [2.24, 2.45) is 0 Å². The number of thiophene rings is 1. The molecule has 0 bridgehead atoms. The maximum Gasteiger partial charge on any atom is 0.0300 e. The van der Waals surface area contributed by atoms with Gasteiger partial charge in [-0.1, -0.05) is 13.0 Å². The van der Waals surface area contributed by atoms with Crippen LogP contribution in [0.2, 0.25) is 0 Å². The van der Waals surface area contributed by atoms with Crippen LogP contribution in [0.1, 0.15) is 24.3 Å². The second kappa shape index (κ2) is 8.15. The first-order valence-electron chi connectivity index (χ1n) is 7.15. The van der Waals surface area contributed by atoms with Gasteiger partial charge in [0.2, 0.25) is 0 Å². The van der Waals surface area contributed by atoms with Gasteiger partial charge < -0.3 is 5.32 Å². The van der Waals surface area contributed by atoms with E-state index >= 15 is 0 Å². The maximum absolute atomic E-state index is 4.07. The summed E-state index contributed by atoms with van der Waals surface area (Å²) in [6.07, 6.45) is 3.73. The second-order valence-electron chi connectivity index (χ2n) is 4.98. The van der Waals surface area contributed by atoms with Gasteiger partial charge in [-0.2, -0.15) is 0 Å². The van der Waals surface area contributed by atoms with Crippen molar-refractivity contribution in [1.82, 2.24) is 15.2 Å². The van der Waals surface area contributed by atoms with Crippen LogP contribution in [0.15, 0.2) is 42.0 Å². The van der Waals surface area contributed by atoms with Gasteiger partial charge in [0.05, 0.1) is 0 Å². The summed E-state index contributed by atoms with van der Waals surface area (Å²) < 4.78 is 0. The van der Waals surface area contributed by atoms with Crippen molar-refractivity contribution < 1.29 is 0 Å². The Kier molecular flexibility index (Phi) is 6.18. The van der Waals surface area contributed by atoms with Crippen molar-refractivity contribution in [3.63, 3.8) is 0 Å². The highest BCUT2D eigenvalue weighted by atomic mass is 32.1. The average molecular weight is 289 g/mol. The molecule has 1 unspecified atom stereocenters. The second-order valence-corrected chi connectivity index (χ2v) is 6.01. The first-order chi connectivity index (χ1) is 9.79. The summed E-state index contributed by atoms with van der Waals surface area (Å²) in [5, 5.41) is 5.67. The van der Waals surface area contributed by atoms with Crippen LogP contribution in [-0.4, -0.2) is 29.0 Å². The monoisotopic (exact) mass is 289 g/mol. The summed E-state index contributed by atoms with van der Waals surface area (Å²) in [4.78, 5) is 7.95. The topological polar surface area (TPSA) is 28.2 Å². The van der Waals surface area contributed by atoms with Crippen LogP contribution >= 0.6 is 11.3 Å². The fourth-order valence-corrected chi connectivity index (χ4v) is 2.92. The Bertz CT molecular complexity index is 470. The van der Waals surface area contributed by atoms with E-state index in [1.165, 1.54) is 10.4 Å². The molecule has 1 N–H and O–H groups in total. The smallest absolute Gasteiger partial charge is 0.0300 e. The zero-order chi connectivity index (χ0) is 14.2. The molecule has 0 fully saturated rings. The highest BCUT2D eigenvalue weighted by molar-refractivity contribution is 7.09. The number of nitrogens with one attached hydrogen (secondary N) is 1. The standard InChI is InChI=1S/C16H23N3S/c1-3-19(13-15-6-8-17-9-7-15)14(2)11-18-12-16-5-4-10-20-16/h4-10,14,18H,3,11-13H2,1-2H3. The normalized spacial score (nSPS) is 12.8. The predicted molar refractivity (Wildman–Crippen MR) is 85.8 cm³/mol. The van der Waals surface area contributed by atoms with Crippen molar-refractivity contribution in [2.45, 2.75) is 33.0 Å². The molecule has 108 valence electrons. The van der Waals surface area contributed by atoms with E-state index in [4.69, 9.17) is 0 Å². The number of hydrogen-bond acceptors (Lipinski definition) is 4. The van der Waals surface area contributed by atoms with E-state index in [1.807, 2.05) is 23.7 Å². The number of nitrogens with zero attached hydrogens (tertiary/aromatic N) is 2. The van der Waals surface area contributed by atoms with Gasteiger partial charge in [0, 0.05) is 42.9 Å². The lowest BCUT2D eigenvalue weighted by Crippen LogP contribution is -2.39. The highest BCUT2D eigenvalue weighted by Crippen LogP contribution is 2.09. The van der Waals surface area contributed by atoms with Gasteiger partial charge in [0.15, 0.2) is 0 Å². The first-order valence-corrected chi connectivity index (χ1v) is 8.03. The molecule has 0 aliphatic rings. The Labute approximate surface area is 125 Å². The first kappa shape index (κ1) is 15.2. The number of likely N-dealkylation sites (N-methyl/N-ethyl adjacent to an activating group) is 1. The van der Waals surface area contributed by atoms with Crippen molar-refractivity contribution in [2.75, 3.05) is 13.1 Å². The van der Waals surface area contributed by atoms with E-state index in [2.05, 4.69) is 58.7 Å². The van der Waals surface area contributed by atoms with Crippen LogP contribution < -0.4 is 5.32 Å². The van der Waals surface area contributed by atoms with Crippen LogP contribution in [0.4, 0.5) is 0 Å². The van der Waals surface area contributed by atoms with E-state index in [-0.39, 0.29) is 0 Å². The molecule has 4 heteroatoms. The van der Waals surface area contributed by atoms with Crippen LogP contribution in [0.25, 0.3) is 0 Å². The van der Waals surface area contributed by atoms with Gasteiger partial charge in [-0.05, 0) is 42.6 Å². The Morgan fingerprint density at radius 3 is 2.75 bits per heavy atom. The van der Waals surface area contributed by atoms with Crippen molar-refractivity contribution in [3.05, 3.63) is 52.5 Å². The molecule has 2 aromatic rings. The van der Waals surface area contributed by atoms with Gasteiger partial charge in [-0.3, -0.25) is 9.88 Å². The maximum atomic E-state index is 4.07. The molecule has 2 aromatic heterocycles. The third-order valence-corrected chi connectivity index (χ3v) is 4.36. The lowest BCUT2D eigenvalue weighted by atomic mass is 10.2. The number of pyridine rings is 1. The molecule has 0 aliphatic heterocycles. The molecule has 0 radical (unpaired) electrons. The lowest BCUT2D eigenvalue weighted by Gasteiger charge is -2.28. The minimum absolute atomic E-state index is 0.521. The van der Waals surface area contributed by atoms with Gasteiger partial charge in [0.25, 0.3) is 0 Å². The molecule has 2 rings (SSSR count). The fourth-order valence-electron chi connectivity index (χ4n) is 2.25. The van der Waals surface area contributed by atoms with Crippen molar-refractivity contribution in [3.8, 4) is 0 Å². The zero-order valence-corrected chi connectivity index (χ0v) is 13.1. The number of aromatic nitrogens is 1. The quantitative estimate of drug-likeness (QED) is 0.809.